The molecule has 0 bridgehead atoms. The van der Waals surface area contributed by atoms with Crippen LogP contribution in [0.25, 0.3) is 0 Å². The highest BCUT2D eigenvalue weighted by molar-refractivity contribution is 5.41. The first-order valence-corrected chi connectivity index (χ1v) is 9.40. The molecule has 0 N–H and O–H groups in total. The normalized spacial score (nSPS) is 16.8. The van der Waals surface area contributed by atoms with Gasteiger partial charge in [-0.1, -0.05) is 30.3 Å². The smallest absolute Gasteiger partial charge is 0.273 e. The molecule has 8 nitrogen and oxygen atoms in total. The average molecular weight is 392 g/mol. The van der Waals surface area contributed by atoms with Crippen LogP contribution in [0.2, 0.25) is 0 Å². The molecule has 0 aliphatic carbocycles. The summed E-state index contributed by atoms with van der Waals surface area (Å²) in [7, 11) is 0. The number of nitro benzene ring substituents is 2. The molecule has 1 aliphatic heterocycles. The van der Waals surface area contributed by atoms with Gasteiger partial charge >= 0.3 is 0 Å². The van der Waals surface area contributed by atoms with E-state index in [4.69, 9.17) is 0 Å². The first kappa shape index (κ1) is 18.8. The van der Waals surface area contributed by atoms with Gasteiger partial charge in [0.1, 0.15) is 0 Å². The summed E-state index contributed by atoms with van der Waals surface area (Å²) in [5.74, 6) is 0. The topological polar surface area (TPSA) is 94.5 Å². The quantitative estimate of drug-likeness (QED) is 0.477. The Labute approximate surface area is 167 Å². The first-order chi connectivity index (χ1) is 14.0. The maximum absolute atomic E-state index is 11.5. The minimum absolute atomic E-state index is 0.0444. The van der Waals surface area contributed by atoms with Gasteiger partial charge in [-0.3, -0.25) is 25.1 Å². The minimum atomic E-state index is -0.412. The number of aromatic nitrogens is 1. The van der Waals surface area contributed by atoms with E-state index in [1.54, 1.807) is 24.3 Å². The van der Waals surface area contributed by atoms with Crippen LogP contribution >= 0.6 is 0 Å². The Kier molecular flexibility index (Phi) is 5.09. The van der Waals surface area contributed by atoms with Crippen molar-refractivity contribution in [2.24, 2.45) is 0 Å². The van der Waals surface area contributed by atoms with E-state index in [2.05, 4.69) is 9.47 Å². The standard InChI is InChI=1S/C21H20N4O4/c26-24(27)18-10-8-16(9-11-18)21-20-7-3-12-22(20)13-4-14-23(21)15-17-5-1-2-6-19(17)25(28)29/h1-3,5-12,21H,4,13-15H2/t21-/m1/s1. The van der Waals surface area contributed by atoms with E-state index in [1.807, 2.05) is 24.4 Å². The Hall–Kier alpha value is -3.52. The van der Waals surface area contributed by atoms with Crippen LogP contribution in [0, 0.1) is 20.2 Å². The molecule has 1 aliphatic rings. The van der Waals surface area contributed by atoms with Crippen molar-refractivity contribution in [1.29, 1.82) is 0 Å². The van der Waals surface area contributed by atoms with E-state index in [0.29, 0.717) is 12.1 Å². The molecular formula is C21H20N4O4. The van der Waals surface area contributed by atoms with Gasteiger partial charge in [-0.25, -0.2) is 0 Å². The lowest BCUT2D eigenvalue weighted by molar-refractivity contribution is -0.385. The summed E-state index contributed by atoms with van der Waals surface area (Å²) in [6, 6.07) is 17.3. The summed E-state index contributed by atoms with van der Waals surface area (Å²) >= 11 is 0. The summed E-state index contributed by atoms with van der Waals surface area (Å²) in [6.07, 6.45) is 2.94. The van der Waals surface area contributed by atoms with Gasteiger partial charge in [0.25, 0.3) is 11.4 Å². The van der Waals surface area contributed by atoms with Crippen molar-refractivity contribution in [3.8, 4) is 0 Å². The summed E-state index contributed by atoms with van der Waals surface area (Å²) in [6.45, 7) is 2.04. The van der Waals surface area contributed by atoms with Gasteiger partial charge in [0.05, 0.1) is 15.9 Å². The molecule has 8 heteroatoms. The van der Waals surface area contributed by atoms with Crippen molar-refractivity contribution < 1.29 is 9.85 Å². The zero-order valence-electron chi connectivity index (χ0n) is 15.7. The first-order valence-electron chi connectivity index (χ1n) is 9.40. The fourth-order valence-corrected chi connectivity index (χ4v) is 4.01. The Morgan fingerprint density at radius 2 is 1.66 bits per heavy atom. The monoisotopic (exact) mass is 392 g/mol. The maximum Gasteiger partial charge on any atom is 0.273 e. The molecule has 1 aromatic heterocycles. The highest BCUT2D eigenvalue weighted by Crippen LogP contribution is 2.34. The third-order valence-corrected chi connectivity index (χ3v) is 5.34. The molecule has 0 spiro atoms. The van der Waals surface area contributed by atoms with Gasteiger partial charge in [0.2, 0.25) is 0 Å². The van der Waals surface area contributed by atoms with E-state index in [-0.39, 0.29) is 22.3 Å². The number of nitro groups is 2. The molecule has 1 atom stereocenters. The van der Waals surface area contributed by atoms with Gasteiger partial charge in [0.15, 0.2) is 0 Å². The molecule has 148 valence electrons. The van der Waals surface area contributed by atoms with Gasteiger partial charge in [-0.2, -0.15) is 0 Å². The summed E-state index contributed by atoms with van der Waals surface area (Å²) in [5.41, 5.74) is 2.81. The van der Waals surface area contributed by atoms with E-state index >= 15 is 0 Å². The number of rotatable bonds is 5. The van der Waals surface area contributed by atoms with Crippen LogP contribution in [0.4, 0.5) is 11.4 Å². The Bertz CT molecular complexity index is 1040. The second-order valence-corrected chi connectivity index (χ2v) is 7.09. The Balaban J connectivity index is 1.75. The van der Waals surface area contributed by atoms with Crippen LogP contribution < -0.4 is 0 Å². The molecule has 4 rings (SSSR count). The zero-order chi connectivity index (χ0) is 20.4. The molecule has 2 heterocycles. The fourth-order valence-electron chi connectivity index (χ4n) is 4.01. The van der Waals surface area contributed by atoms with E-state index in [1.165, 1.54) is 18.2 Å². The number of benzene rings is 2. The molecule has 0 unspecified atom stereocenters. The lowest BCUT2D eigenvalue weighted by Crippen LogP contribution is -2.29. The predicted molar refractivity (Wildman–Crippen MR) is 107 cm³/mol. The van der Waals surface area contributed by atoms with Gasteiger partial charge in [-0.05, 0) is 24.1 Å². The maximum atomic E-state index is 11.5. The van der Waals surface area contributed by atoms with Crippen molar-refractivity contribution in [3.63, 3.8) is 0 Å². The number of fused-ring (bicyclic) bond motifs is 1. The van der Waals surface area contributed by atoms with Crippen molar-refractivity contribution in [1.82, 2.24) is 9.47 Å². The predicted octanol–water partition coefficient (Wildman–Crippen LogP) is 4.30. The third-order valence-electron chi connectivity index (χ3n) is 5.34. The highest BCUT2D eigenvalue weighted by atomic mass is 16.6. The Morgan fingerprint density at radius 3 is 2.38 bits per heavy atom. The van der Waals surface area contributed by atoms with Gasteiger partial charge in [-0.15, -0.1) is 0 Å². The molecule has 29 heavy (non-hydrogen) atoms. The lowest BCUT2D eigenvalue weighted by atomic mass is 10.0. The molecule has 0 saturated heterocycles. The van der Waals surface area contributed by atoms with Crippen LogP contribution in [0.15, 0.2) is 66.9 Å². The summed E-state index contributed by atoms with van der Waals surface area (Å²) in [4.78, 5) is 23.9. The van der Waals surface area contributed by atoms with E-state index in [9.17, 15) is 20.2 Å². The number of non-ortho nitro benzene ring substituents is 1. The number of aryl methyl sites for hydroxylation is 1. The number of nitrogens with zero attached hydrogens (tertiary/aromatic N) is 4. The number of para-hydroxylation sites is 1. The van der Waals surface area contributed by atoms with E-state index < -0.39 is 4.92 Å². The highest BCUT2D eigenvalue weighted by Gasteiger charge is 2.29. The fraction of sp³-hybridized carbons (Fsp3) is 0.238. The molecule has 0 fully saturated rings. The second-order valence-electron chi connectivity index (χ2n) is 7.09. The minimum Gasteiger partial charge on any atom is -0.350 e. The lowest BCUT2D eigenvalue weighted by Gasteiger charge is -2.30. The van der Waals surface area contributed by atoms with Crippen LogP contribution in [0.1, 0.15) is 29.3 Å². The average Bonchev–Trinajstić information content (AvgIpc) is 3.10. The largest absolute Gasteiger partial charge is 0.350 e. The third kappa shape index (κ3) is 3.74. The van der Waals surface area contributed by atoms with Crippen LogP contribution in [0.5, 0.6) is 0 Å². The van der Waals surface area contributed by atoms with Gasteiger partial charge < -0.3 is 4.57 Å². The molecule has 0 amide bonds. The van der Waals surface area contributed by atoms with Crippen molar-refractivity contribution >= 4 is 11.4 Å². The van der Waals surface area contributed by atoms with Crippen molar-refractivity contribution in [3.05, 3.63) is 104 Å². The van der Waals surface area contributed by atoms with Crippen LogP contribution in [-0.4, -0.2) is 25.9 Å². The molecular weight excluding hydrogens is 372 g/mol. The molecule has 0 saturated carbocycles. The zero-order valence-corrected chi connectivity index (χ0v) is 15.7. The summed E-state index contributed by atoms with van der Waals surface area (Å²) in [5, 5.41) is 22.5. The summed E-state index contributed by atoms with van der Waals surface area (Å²) < 4.78 is 2.19. The van der Waals surface area contributed by atoms with E-state index in [0.717, 1.165) is 30.8 Å². The van der Waals surface area contributed by atoms with Gasteiger partial charge in [0, 0.05) is 55.3 Å². The van der Waals surface area contributed by atoms with Crippen LogP contribution in [0.3, 0.4) is 0 Å². The molecule has 3 aromatic rings. The van der Waals surface area contributed by atoms with Crippen molar-refractivity contribution in [2.75, 3.05) is 6.54 Å². The number of hydrogen-bond donors (Lipinski definition) is 0. The molecule has 0 radical (unpaired) electrons. The Morgan fingerprint density at radius 1 is 0.897 bits per heavy atom. The SMILES string of the molecule is O=[N+]([O-])c1ccc([C@@H]2c3cccn3CCCN2Cc2ccccc2[N+](=O)[O-])cc1. The molecule has 2 aromatic carbocycles. The van der Waals surface area contributed by atoms with Crippen molar-refractivity contribution in [2.45, 2.75) is 25.6 Å². The van der Waals surface area contributed by atoms with Crippen LogP contribution in [-0.2, 0) is 13.1 Å². The number of hydrogen-bond acceptors (Lipinski definition) is 5. The second kappa shape index (κ2) is 7.84.